The summed E-state index contributed by atoms with van der Waals surface area (Å²) in [7, 11) is 1.71. The van der Waals surface area contributed by atoms with Gasteiger partial charge >= 0.3 is 0 Å². The lowest BCUT2D eigenvalue weighted by Gasteiger charge is -2.19. The van der Waals surface area contributed by atoms with E-state index in [9.17, 15) is 14.7 Å². The smallest absolute Gasteiger partial charge is 0.146 e. The van der Waals surface area contributed by atoms with E-state index in [1.54, 1.807) is 7.05 Å². The second kappa shape index (κ2) is 7.50. The van der Waals surface area contributed by atoms with Crippen molar-refractivity contribution in [2.45, 2.75) is 39.0 Å². The molecule has 0 aliphatic heterocycles. The number of aliphatic hydroxyl groups excluding tert-OH is 1. The number of hydrogen-bond acceptors (Lipinski definition) is 5. The highest BCUT2D eigenvalue weighted by Gasteiger charge is 2.17. The monoisotopic (exact) mass is 216 g/mol. The van der Waals surface area contributed by atoms with Gasteiger partial charge in [0.25, 0.3) is 0 Å². The van der Waals surface area contributed by atoms with Gasteiger partial charge in [0.2, 0.25) is 0 Å². The topological polar surface area (TPSA) is 78.4 Å². The van der Waals surface area contributed by atoms with E-state index >= 15 is 0 Å². The Hall–Kier alpha value is -0.780. The fraction of sp³-hybridized carbons (Fsp3) is 0.800. The minimum Gasteiger partial charge on any atom is -0.377 e. The summed E-state index contributed by atoms with van der Waals surface area (Å²) in [5.41, 5.74) is 0. The minimum atomic E-state index is -0.768. The average molecular weight is 216 g/mol. The number of carbonyl (C=O) groups excluding carboxylic acids is 2. The fourth-order valence-corrected chi connectivity index (χ4v) is 1.24. The van der Waals surface area contributed by atoms with Gasteiger partial charge in [0.15, 0.2) is 0 Å². The van der Waals surface area contributed by atoms with Crippen LogP contribution in [0.2, 0.25) is 0 Å². The number of Topliss-reactive ketones (excluding diaryl/α,β-unsaturated/α-hetero) is 2. The van der Waals surface area contributed by atoms with Gasteiger partial charge in [-0.05, 0) is 27.3 Å². The van der Waals surface area contributed by atoms with Crippen molar-refractivity contribution in [1.82, 2.24) is 10.6 Å². The van der Waals surface area contributed by atoms with Crippen LogP contribution in [0.15, 0.2) is 0 Å². The molecule has 0 radical (unpaired) electrons. The molecule has 0 fully saturated rings. The van der Waals surface area contributed by atoms with Crippen molar-refractivity contribution in [3.63, 3.8) is 0 Å². The molecule has 88 valence electrons. The molecule has 0 heterocycles. The van der Waals surface area contributed by atoms with Crippen molar-refractivity contribution in [1.29, 1.82) is 0 Å². The van der Waals surface area contributed by atoms with Gasteiger partial charge in [0, 0.05) is 13.0 Å². The standard InChI is InChI=1S/C10H20N2O3/c1-7(13)4-5-9(8(2)14)12-10(15)6-11-3/h9-12,15H,4-6H2,1-3H3. The molecule has 15 heavy (non-hydrogen) atoms. The molecule has 2 unspecified atom stereocenters. The number of nitrogens with one attached hydrogen (secondary N) is 2. The van der Waals surface area contributed by atoms with Gasteiger partial charge in [0.05, 0.1) is 6.04 Å². The number of likely N-dealkylation sites (N-methyl/N-ethyl adjacent to an activating group) is 1. The van der Waals surface area contributed by atoms with Gasteiger partial charge in [-0.25, -0.2) is 0 Å². The average Bonchev–Trinajstić information content (AvgIpc) is 2.11. The van der Waals surface area contributed by atoms with E-state index in [4.69, 9.17) is 0 Å². The summed E-state index contributed by atoms with van der Waals surface area (Å²) in [5.74, 6) is -0.0161. The van der Waals surface area contributed by atoms with Crippen LogP contribution in [-0.2, 0) is 9.59 Å². The van der Waals surface area contributed by atoms with Gasteiger partial charge in [0.1, 0.15) is 17.8 Å². The molecule has 0 aromatic heterocycles. The quantitative estimate of drug-likeness (QED) is 0.474. The third-order valence-corrected chi connectivity index (χ3v) is 2.07. The molecule has 0 saturated heterocycles. The largest absolute Gasteiger partial charge is 0.377 e. The van der Waals surface area contributed by atoms with Crippen LogP contribution >= 0.6 is 0 Å². The Morgan fingerprint density at radius 2 is 1.93 bits per heavy atom. The number of hydrogen-bond donors (Lipinski definition) is 3. The first kappa shape index (κ1) is 14.2. The highest BCUT2D eigenvalue weighted by molar-refractivity contribution is 5.82. The molecule has 0 spiro atoms. The van der Waals surface area contributed by atoms with Crippen LogP contribution in [0.3, 0.4) is 0 Å². The summed E-state index contributed by atoms with van der Waals surface area (Å²) < 4.78 is 0. The molecule has 0 amide bonds. The Labute approximate surface area is 90.2 Å². The van der Waals surface area contributed by atoms with Crippen molar-refractivity contribution in [2.75, 3.05) is 13.6 Å². The minimum absolute atomic E-state index is 0.0474. The van der Waals surface area contributed by atoms with E-state index in [2.05, 4.69) is 10.6 Å². The molecule has 0 aliphatic carbocycles. The first-order chi connectivity index (χ1) is 6.97. The molecular weight excluding hydrogens is 196 g/mol. The zero-order valence-electron chi connectivity index (χ0n) is 9.54. The van der Waals surface area contributed by atoms with Crippen LogP contribution in [-0.4, -0.2) is 42.5 Å². The summed E-state index contributed by atoms with van der Waals surface area (Å²) in [6.07, 6.45) is 0.0189. The lowest BCUT2D eigenvalue weighted by atomic mass is 10.1. The number of ketones is 2. The third kappa shape index (κ3) is 7.18. The predicted octanol–water partition coefficient (Wildman–Crippen LogP) is -0.559. The fourth-order valence-electron chi connectivity index (χ4n) is 1.24. The molecule has 0 aliphatic rings. The van der Waals surface area contributed by atoms with E-state index in [0.717, 1.165) is 0 Å². The van der Waals surface area contributed by atoms with E-state index < -0.39 is 12.3 Å². The zero-order chi connectivity index (χ0) is 11.8. The molecule has 3 N–H and O–H groups in total. The van der Waals surface area contributed by atoms with E-state index in [1.165, 1.54) is 13.8 Å². The Morgan fingerprint density at radius 1 is 1.33 bits per heavy atom. The highest BCUT2D eigenvalue weighted by Crippen LogP contribution is 2.00. The van der Waals surface area contributed by atoms with E-state index in [0.29, 0.717) is 19.4 Å². The Morgan fingerprint density at radius 3 is 2.33 bits per heavy atom. The SMILES string of the molecule is CNCC(O)NC(CCC(C)=O)C(C)=O. The summed E-state index contributed by atoms with van der Waals surface area (Å²) in [4.78, 5) is 22.0. The molecule has 2 atom stereocenters. The molecule has 5 heteroatoms. The van der Waals surface area contributed by atoms with Crippen molar-refractivity contribution in [3.05, 3.63) is 0 Å². The number of carbonyl (C=O) groups is 2. The van der Waals surface area contributed by atoms with Crippen LogP contribution < -0.4 is 10.6 Å². The normalized spacial score (nSPS) is 14.7. The van der Waals surface area contributed by atoms with Gasteiger partial charge in [-0.1, -0.05) is 0 Å². The Balaban J connectivity index is 4.04. The summed E-state index contributed by atoms with van der Waals surface area (Å²) in [5, 5.41) is 15.0. The van der Waals surface area contributed by atoms with Crippen LogP contribution in [0.1, 0.15) is 26.7 Å². The molecule has 5 nitrogen and oxygen atoms in total. The van der Waals surface area contributed by atoms with Crippen molar-refractivity contribution in [2.24, 2.45) is 0 Å². The predicted molar refractivity (Wildman–Crippen MR) is 57.5 cm³/mol. The zero-order valence-corrected chi connectivity index (χ0v) is 9.54. The lowest BCUT2D eigenvalue weighted by molar-refractivity contribution is -0.120. The maximum absolute atomic E-state index is 11.2. The second-order valence-corrected chi connectivity index (χ2v) is 3.64. The third-order valence-electron chi connectivity index (χ3n) is 2.07. The highest BCUT2D eigenvalue weighted by atomic mass is 16.3. The first-order valence-corrected chi connectivity index (χ1v) is 5.06. The maximum atomic E-state index is 11.2. The second-order valence-electron chi connectivity index (χ2n) is 3.64. The van der Waals surface area contributed by atoms with Crippen molar-refractivity contribution >= 4 is 11.6 Å². The molecular formula is C10H20N2O3. The van der Waals surface area contributed by atoms with Crippen LogP contribution in [0, 0.1) is 0 Å². The van der Waals surface area contributed by atoms with Gasteiger partial charge in [-0.3, -0.25) is 10.1 Å². The maximum Gasteiger partial charge on any atom is 0.146 e. The van der Waals surface area contributed by atoms with Gasteiger partial charge < -0.3 is 15.2 Å². The van der Waals surface area contributed by atoms with Crippen LogP contribution in [0.25, 0.3) is 0 Å². The lowest BCUT2D eigenvalue weighted by Crippen LogP contribution is -2.46. The van der Waals surface area contributed by atoms with Crippen LogP contribution in [0.5, 0.6) is 0 Å². The Bertz CT molecular complexity index is 219. The molecule has 0 bridgehead atoms. The van der Waals surface area contributed by atoms with E-state index in [1.807, 2.05) is 0 Å². The molecule has 0 rings (SSSR count). The number of rotatable bonds is 8. The summed E-state index contributed by atoms with van der Waals surface area (Å²) >= 11 is 0. The number of aliphatic hydroxyl groups is 1. The van der Waals surface area contributed by atoms with Crippen molar-refractivity contribution < 1.29 is 14.7 Å². The summed E-state index contributed by atoms with van der Waals surface area (Å²) in [6.45, 7) is 3.30. The van der Waals surface area contributed by atoms with Gasteiger partial charge in [-0.2, -0.15) is 0 Å². The van der Waals surface area contributed by atoms with Crippen LogP contribution in [0.4, 0.5) is 0 Å². The van der Waals surface area contributed by atoms with Gasteiger partial charge in [-0.15, -0.1) is 0 Å². The Kier molecular flexibility index (Phi) is 7.11. The summed E-state index contributed by atoms with van der Waals surface area (Å²) in [6, 6.07) is -0.447. The van der Waals surface area contributed by atoms with Crippen molar-refractivity contribution in [3.8, 4) is 0 Å². The van der Waals surface area contributed by atoms with E-state index in [-0.39, 0.29) is 11.6 Å². The molecule has 0 aromatic rings. The first-order valence-electron chi connectivity index (χ1n) is 5.06. The molecule has 0 aromatic carbocycles. The molecule has 0 saturated carbocycles.